The van der Waals surface area contributed by atoms with Crippen molar-refractivity contribution in [2.75, 3.05) is 22.7 Å². The molecule has 0 unspecified atom stereocenters. The average molecular weight is 435 g/mol. The number of alkyl halides is 3. The number of nitrogens with zero attached hydrogens (tertiary/aromatic N) is 3. The first kappa shape index (κ1) is 20.2. The zero-order valence-electron chi connectivity index (χ0n) is 15.5. The van der Waals surface area contributed by atoms with Gasteiger partial charge in [-0.1, -0.05) is 0 Å². The molecule has 3 aromatic rings. The van der Waals surface area contributed by atoms with Gasteiger partial charge in [-0.05, 0) is 30.3 Å². The quantitative estimate of drug-likeness (QED) is 0.592. The molecular weight excluding hydrogens is 422 g/mol. The Morgan fingerprint density at radius 2 is 2.00 bits per heavy atom. The number of anilines is 3. The second-order valence-corrected chi connectivity index (χ2v) is 6.31. The Hall–Kier alpha value is -4.09. The molecule has 0 saturated heterocycles. The van der Waals surface area contributed by atoms with Gasteiger partial charge in [0.15, 0.2) is 6.73 Å². The normalized spacial score (nSPS) is 12.8. The summed E-state index contributed by atoms with van der Waals surface area (Å²) < 4.78 is 63.1. The summed E-state index contributed by atoms with van der Waals surface area (Å²) in [7, 11) is 0. The number of carbonyl (C=O) groups is 1. The molecule has 2 amide bonds. The Labute approximate surface area is 172 Å². The number of nitrogen functional groups attached to an aromatic ring is 1. The van der Waals surface area contributed by atoms with Gasteiger partial charge in [0.1, 0.15) is 17.3 Å². The standard InChI is InChI=1S/C19H13F4N5O3/c20-13-3-1-10(7-12(13)19(21,22)23)26-18(29)28-9-30-15-8-11(2-4-14(15)28)31-16-5-6-25-17(24)27-16/h1-8H,9H2,(H,26,29)(H2,24,25,27). The minimum absolute atomic E-state index is 0.0345. The minimum atomic E-state index is -4.89. The molecular formula is C19H13F4N5O3. The van der Waals surface area contributed by atoms with Gasteiger partial charge in [0.25, 0.3) is 0 Å². The summed E-state index contributed by atoms with van der Waals surface area (Å²) in [6.07, 6.45) is -3.47. The number of hydrogen-bond acceptors (Lipinski definition) is 6. The first-order chi connectivity index (χ1) is 14.7. The molecule has 0 spiro atoms. The van der Waals surface area contributed by atoms with Crippen LogP contribution in [0, 0.1) is 5.82 Å². The number of nitrogens with two attached hydrogens (primary N) is 1. The molecule has 8 nitrogen and oxygen atoms in total. The van der Waals surface area contributed by atoms with Crippen molar-refractivity contribution in [1.82, 2.24) is 9.97 Å². The highest BCUT2D eigenvalue weighted by Gasteiger charge is 2.34. The summed E-state index contributed by atoms with van der Waals surface area (Å²) in [6.45, 7) is -0.182. The molecule has 2 aromatic carbocycles. The van der Waals surface area contributed by atoms with Crippen LogP contribution in [0.4, 0.5) is 39.7 Å². The van der Waals surface area contributed by atoms with Gasteiger partial charge in [-0.15, -0.1) is 0 Å². The summed E-state index contributed by atoms with van der Waals surface area (Å²) in [4.78, 5) is 21.4. The van der Waals surface area contributed by atoms with E-state index in [1.54, 1.807) is 6.07 Å². The molecule has 0 aliphatic carbocycles. The SMILES string of the molecule is Nc1nccc(Oc2ccc3c(c2)OCN3C(=O)Nc2ccc(F)c(C(F)(F)F)c2)n1. The number of amides is 2. The second kappa shape index (κ2) is 7.63. The van der Waals surface area contributed by atoms with E-state index in [-0.39, 0.29) is 24.2 Å². The molecule has 12 heteroatoms. The number of aromatic nitrogens is 2. The van der Waals surface area contributed by atoms with Gasteiger partial charge < -0.3 is 20.5 Å². The molecule has 0 bridgehead atoms. The average Bonchev–Trinajstić information content (AvgIpc) is 3.12. The van der Waals surface area contributed by atoms with Crippen LogP contribution >= 0.6 is 0 Å². The molecule has 0 saturated carbocycles. The number of halogens is 4. The number of carbonyl (C=O) groups excluding carboxylic acids is 1. The summed E-state index contributed by atoms with van der Waals surface area (Å²) in [5.41, 5.74) is 4.17. The van der Waals surface area contributed by atoms with Crippen LogP contribution in [0.25, 0.3) is 0 Å². The molecule has 2 heterocycles. The van der Waals surface area contributed by atoms with E-state index in [0.717, 1.165) is 6.07 Å². The number of nitrogens with one attached hydrogen (secondary N) is 1. The van der Waals surface area contributed by atoms with Gasteiger partial charge >= 0.3 is 12.2 Å². The molecule has 1 aromatic heterocycles. The molecule has 4 rings (SSSR count). The Morgan fingerprint density at radius 3 is 2.74 bits per heavy atom. The van der Waals surface area contributed by atoms with Crippen molar-refractivity contribution in [2.24, 2.45) is 0 Å². The number of fused-ring (bicyclic) bond motifs is 1. The third kappa shape index (κ3) is 4.27. The van der Waals surface area contributed by atoms with Crippen molar-refractivity contribution in [3.8, 4) is 17.4 Å². The zero-order valence-corrected chi connectivity index (χ0v) is 15.5. The molecule has 0 atom stereocenters. The molecule has 0 fully saturated rings. The van der Waals surface area contributed by atoms with Gasteiger partial charge in [-0.3, -0.25) is 4.90 Å². The van der Waals surface area contributed by atoms with E-state index in [1.807, 2.05) is 0 Å². The number of rotatable bonds is 3. The van der Waals surface area contributed by atoms with E-state index >= 15 is 0 Å². The van der Waals surface area contributed by atoms with Crippen LogP contribution in [0.15, 0.2) is 48.7 Å². The maximum Gasteiger partial charge on any atom is 0.419 e. The van der Waals surface area contributed by atoms with Crippen molar-refractivity contribution in [2.45, 2.75) is 6.18 Å². The number of urea groups is 1. The van der Waals surface area contributed by atoms with Gasteiger partial charge in [-0.2, -0.15) is 18.2 Å². The lowest BCUT2D eigenvalue weighted by Crippen LogP contribution is -2.34. The lowest BCUT2D eigenvalue weighted by Gasteiger charge is -2.17. The fraction of sp³-hybridized carbons (Fsp3) is 0.105. The monoisotopic (exact) mass is 435 g/mol. The molecule has 160 valence electrons. The van der Waals surface area contributed by atoms with Crippen LogP contribution in [0.1, 0.15) is 5.56 Å². The first-order valence-corrected chi connectivity index (χ1v) is 8.69. The van der Waals surface area contributed by atoms with E-state index < -0.39 is 23.6 Å². The summed E-state index contributed by atoms with van der Waals surface area (Å²) in [6, 6.07) is 7.54. The zero-order chi connectivity index (χ0) is 22.2. The van der Waals surface area contributed by atoms with Crippen LogP contribution < -0.4 is 25.4 Å². The van der Waals surface area contributed by atoms with Crippen LogP contribution in [0.2, 0.25) is 0 Å². The highest BCUT2D eigenvalue weighted by molar-refractivity contribution is 6.03. The maximum atomic E-state index is 13.4. The van der Waals surface area contributed by atoms with Crippen molar-refractivity contribution >= 4 is 23.4 Å². The van der Waals surface area contributed by atoms with E-state index in [0.29, 0.717) is 29.3 Å². The molecule has 1 aliphatic heterocycles. The van der Waals surface area contributed by atoms with Gasteiger partial charge in [-0.25, -0.2) is 14.2 Å². The van der Waals surface area contributed by atoms with E-state index in [1.165, 1.54) is 29.3 Å². The van der Waals surface area contributed by atoms with E-state index in [2.05, 4.69) is 15.3 Å². The number of hydrogen-bond donors (Lipinski definition) is 2. The van der Waals surface area contributed by atoms with Crippen molar-refractivity contribution < 1.29 is 31.8 Å². The highest BCUT2D eigenvalue weighted by atomic mass is 19.4. The third-order valence-corrected chi connectivity index (χ3v) is 4.21. The van der Waals surface area contributed by atoms with Gasteiger partial charge in [0.2, 0.25) is 11.8 Å². The second-order valence-electron chi connectivity index (χ2n) is 6.31. The van der Waals surface area contributed by atoms with Gasteiger partial charge in [0, 0.05) is 24.0 Å². The van der Waals surface area contributed by atoms with E-state index in [9.17, 15) is 22.4 Å². The number of ether oxygens (including phenoxy) is 2. The fourth-order valence-electron chi connectivity index (χ4n) is 2.81. The predicted octanol–water partition coefficient (Wildman–Crippen LogP) is 4.40. The summed E-state index contributed by atoms with van der Waals surface area (Å²) in [5, 5.41) is 2.30. The minimum Gasteiger partial charge on any atom is -0.470 e. The first-order valence-electron chi connectivity index (χ1n) is 8.69. The maximum absolute atomic E-state index is 13.4. The van der Waals surface area contributed by atoms with Crippen molar-refractivity contribution in [3.05, 3.63) is 60.0 Å². The lowest BCUT2D eigenvalue weighted by molar-refractivity contribution is -0.139. The predicted molar refractivity (Wildman–Crippen MR) is 101 cm³/mol. The van der Waals surface area contributed by atoms with Crippen LogP contribution in [-0.2, 0) is 6.18 Å². The van der Waals surface area contributed by atoms with Crippen molar-refractivity contribution in [1.29, 1.82) is 0 Å². The van der Waals surface area contributed by atoms with E-state index in [4.69, 9.17) is 15.2 Å². The largest absolute Gasteiger partial charge is 0.470 e. The number of benzene rings is 2. The van der Waals surface area contributed by atoms with Crippen LogP contribution in [0.5, 0.6) is 17.4 Å². The topological polar surface area (TPSA) is 103 Å². The Balaban J connectivity index is 1.50. The fourth-order valence-corrected chi connectivity index (χ4v) is 2.81. The smallest absolute Gasteiger partial charge is 0.419 e. The molecule has 3 N–H and O–H groups in total. The molecule has 31 heavy (non-hydrogen) atoms. The third-order valence-electron chi connectivity index (χ3n) is 4.21. The van der Waals surface area contributed by atoms with Crippen LogP contribution in [-0.4, -0.2) is 22.7 Å². The molecule has 1 aliphatic rings. The Bertz CT molecular complexity index is 1160. The summed E-state index contributed by atoms with van der Waals surface area (Å²) >= 11 is 0. The highest BCUT2D eigenvalue weighted by Crippen LogP contribution is 2.38. The van der Waals surface area contributed by atoms with Crippen LogP contribution in [0.3, 0.4) is 0 Å². The Morgan fingerprint density at radius 1 is 1.19 bits per heavy atom. The lowest BCUT2D eigenvalue weighted by atomic mass is 10.2. The van der Waals surface area contributed by atoms with Crippen molar-refractivity contribution in [3.63, 3.8) is 0 Å². The molecule has 0 radical (unpaired) electrons. The summed E-state index contributed by atoms with van der Waals surface area (Å²) in [5.74, 6) is -0.528. The van der Waals surface area contributed by atoms with Gasteiger partial charge in [0.05, 0.1) is 11.3 Å². The Kier molecular flexibility index (Phi) is 4.97.